The molecule has 3 N–H and O–H groups in total. The van der Waals surface area contributed by atoms with Crippen molar-refractivity contribution in [2.24, 2.45) is 0 Å². The van der Waals surface area contributed by atoms with Crippen LogP contribution in [0.5, 0.6) is 17.2 Å². The molecule has 0 amide bonds. The lowest BCUT2D eigenvalue weighted by molar-refractivity contribution is -0.144. The van der Waals surface area contributed by atoms with Gasteiger partial charge in [0.1, 0.15) is 42.6 Å². The van der Waals surface area contributed by atoms with E-state index in [2.05, 4.69) is 37.0 Å². The Morgan fingerprint density at radius 3 is 2.52 bits per heavy atom. The molecule has 54 heavy (non-hydrogen) atoms. The summed E-state index contributed by atoms with van der Waals surface area (Å²) in [6.45, 7) is 6.90. The monoisotopic (exact) mass is 756 g/mol. The van der Waals surface area contributed by atoms with Gasteiger partial charge in [-0.2, -0.15) is 5.26 Å². The Bertz CT molecular complexity index is 1930. The molecule has 0 radical (unpaired) electrons. The van der Waals surface area contributed by atoms with Gasteiger partial charge in [-0.1, -0.05) is 48.4 Å². The van der Waals surface area contributed by atoms with Crippen LogP contribution in [0.25, 0.3) is 11.1 Å². The number of likely N-dealkylation sites (tertiary alicyclic amines) is 1. The summed E-state index contributed by atoms with van der Waals surface area (Å²) in [5, 5.41) is 38.4. The number of hydrogen-bond acceptors (Lipinski definition) is 10. The number of aliphatic hydroxyl groups is 2. The van der Waals surface area contributed by atoms with Crippen molar-refractivity contribution in [1.82, 2.24) is 14.8 Å². The molecule has 1 aliphatic rings. The van der Waals surface area contributed by atoms with Gasteiger partial charge in [0.15, 0.2) is 0 Å². The van der Waals surface area contributed by atoms with Crippen molar-refractivity contribution in [3.63, 3.8) is 0 Å². The van der Waals surface area contributed by atoms with Crippen molar-refractivity contribution < 1.29 is 34.3 Å². The minimum atomic E-state index is -0.842. The van der Waals surface area contributed by atoms with E-state index < -0.39 is 18.1 Å². The number of likely N-dealkylation sites (N-methyl/N-ethyl adjacent to an activating group) is 1. The third kappa shape index (κ3) is 10.7. The van der Waals surface area contributed by atoms with Crippen LogP contribution in [-0.4, -0.2) is 88.1 Å². The van der Waals surface area contributed by atoms with E-state index in [1.807, 2.05) is 41.1 Å². The Balaban J connectivity index is 1.32. The Morgan fingerprint density at radius 2 is 1.76 bits per heavy atom. The lowest BCUT2D eigenvalue weighted by Gasteiger charge is -2.33. The zero-order valence-electron chi connectivity index (χ0n) is 31.1. The van der Waals surface area contributed by atoms with E-state index in [-0.39, 0.29) is 19.8 Å². The maximum absolute atomic E-state index is 12.1. The highest BCUT2D eigenvalue weighted by Gasteiger charge is 2.29. The fourth-order valence-corrected chi connectivity index (χ4v) is 7.03. The highest BCUT2D eigenvalue weighted by atomic mass is 35.5. The van der Waals surface area contributed by atoms with Gasteiger partial charge in [-0.15, -0.1) is 0 Å². The molecule has 1 aromatic heterocycles. The smallest absolute Gasteiger partial charge is 0.320 e. The number of piperidine rings is 1. The predicted octanol–water partition coefficient (Wildman–Crippen LogP) is 6.54. The largest absolute Gasteiger partial charge is 0.493 e. The number of carbonyl (C=O) groups is 1. The van der Waals surface area contributed by atoms with Crippen molar-refractivity contribution >= 4 is 17.6 Å². The Morgan fingerprint density at radius 1 is 1.00 bits per heavy atom. The first-order valence-corrected chi connectivity index (χ1v) is 18.6. The molecule has 0 unspecified atom stereocenters. The summed E-state index contributed by atoms with van der Waals surface area (Å²) in [6.07, 6.45) is 5.51. The molecule has 0 spiro atoms. The third-order valence-electron chi connectivity index (χ3n) is 9.78. The first kappa shape index (κ1) is 40.5. The van der Waals surface area contributed by atoms with Crippen LogP contribution in [0.3, 0.4) is 0 Å². The molecule has 0 saturated carbocycles. The summed E-state index contributed by atoms with van der Waals surface area (Å²) in [4.78, 5) is 20.1. The zero-order valence-corrected chi connectivity index (χ0v) is 31.9. The first-order chi connectivity index (χ1) is 26.1. The number of pyridine rings is 1. The van der Waals surface area contributed by atoms with Gasteiger partial charge >= 0.3 is 5.97 Å². The van der Waals surface area contributed by atoms with Crippen LogP contribution >= 0.6 is 11.6 Å². The normalized spacial score (nSPS) is 15.1. The van der Waals surface area contributed by atoms with Gasteiger partial charge in [0, 0.05) is 49.2 Å². The molecule has 4 aromatic rings. The molecule has 2 heterocycles. The number of aromatic nitrogens is 1. The quantitative estimate of drug-likeness (QED) is 0.0951. The summed E-state index contributed by atoms with van der Waals surface area (Å²) in [6, 6.07) is 18.9. The fraction of sp³-hybridized carbons (Fsp3) is 0.405. The maximum atomic E-state index is 12.1. The number of rotatable bonds is 18. The van der Waals surface area contributed by atoms with Gasteiger partial charge in [-0.05, 0) is 92.7 Å². The van der Waals surface area contributed by atoms with Gasteiger partial charge in [0.2, 0.25) is 0 Å². The van der Waals surface area contributed by atoms with Crippen LogP contribution < -0.4 is 14.2 Å². The molecular weight excluding hydrogens is 708 g/mol. The van der Waals surface area contributed by atoms with E-state index in [4.69, 9.17) is 30.9 Å². The highest BCUT2D eigenvalue weighted by Crippen LogP contribution is 2.37. The van der Waals surface area contributed by atoms with Crippen molar-refractivity contribution in [1.29, 1.82) is 5.26 Å². The van der Waals surface area contributed by atoms with Crippen LogP contribution in [0.1, 0.15) is 59.1 Å². The summed E-state index contributed by atoms with van der Waals surface area (Å²) < 4.78 is 18.8. The molecule has 0 aliphatic carbocycles. The van der Waals surface area contributed by atoms with Crippen LogP contribution in [-0.2, 0) is 24.6 Å². The molecule has 5 rings (SSSR count). The molecule has 12 heteroatoms. The van der Waals surface area contributed by atoms with Crippen LogP contribution in [0, 0.1) is 25.2 Å². The minimum Gasteiger partial charge on any atom is -0.493 e. The van der Waals surface area contributed by atoms with E-state index in [0.29, 0.717) is 54.7 Å². The highest BCUT2D eigenvalue weighted by molar-refractivity contribution is 6.32. The average molecular weight is 757 g/mol. The standard InChI is InChI=1S/C42H49ClN4O7/c1-28-32(9-6-10-35(28)36-11-7-13-39(29(36)2)52-16-8-14-46(3)24-34(49)25-48)27-54-41-19-40(53-26-31-17-30(20-44)21-45-22-31)33(18-37(41)43)23-47-15-5-4-12-38(47)42(50)51/h6-7,9-11,13,17-19,21-22,34,38,48-49H,4-5,8,12,14-16,23-27H2,1-3H3,(H,50,51)/t34-,38-/m0/s1. The van der Waals surface area contributed by atoms with Crippen molar-refractivity contribution in [3.05, 3.63) is 105 Å². The van der Waals surface area contributed by atoms with E-state index in [0.717, 1.165) is 70.5 Å². The Labute approximate surface area is 322 Å². The summed E-state index contributed by atoms with van der Waals surface area (Å²) in [5.74, 6) is 0.908. The Hall–Kier alpha value is -4.70. The van der Waals surface area contributed by atoms with Crippen molar-refractivity contribution in [2.45, 2.75) is 71.4 Å². The van der Waals surface area contributed by atoms with Crippen LogP contribution in [0.2, 0.25) is 5.02 Å². The molecule has 11 nitrogen and oxygen atoms in total. The zero-order chi connectivity index (χ0) is 38.6. The molecule has 1 fully saturated rings. The van der Waals surface area contributed by atoms with E-state index in [1.165, 1.54) is 6.20 Å². The molecule has 3 aromatic carbocycles. The molecule has 286 valence electrons. The number of carboxylic acid groups (broad SMARTS) is 1. The summed E-state index contributed by atoms with van der Waals surface area (Å²) >= 11 is 6.85. The number of hydrogen-bond donors (Lipinski definition) is 3. The van der Waals surface area contributed by atoms with Crippen LogP contribution in [0.15, 0.2) is 67.0 Å². The minimum absolute atomic E-state index is 0.147. The molecule has 2 atom stereocenters. The second-order valence-corrected chi connectivity index (χ2v) is 14.2. The molecule has 1 saturated heterocycles. The number of carboxylic acids is 1. The van der Waals surface area contributed by atoms with Gasteiger partial charge in [-0.25, -0.2) is 0 Å². The lowest BCUT2D eigenvalue weighted by Crippen LogP contribution is -2.44. The van der Waals surface area contributed by atoms with Gasteiger partial charge in [0.25, 0.3) is 0 Å². The molecule has 0 bridgehead atoms. The van der Waals surface area contributed by atoms with Gasteiger partial charge in [0.05, 0.1) is 29.9 Å². The summed E-state index contributed by atoms with van der Waals surface area (Å²) in [7, 11) is 1.91. The van der Waals surface area contributed by atoms with Gasteiger partial charge < -0.3 is 34.4 Å². The topological polar surface area (TPSA) is 149 Å². The SMILES string of the molecule is Cc1c(COc2cc(OCc3cncc(C#N)c3)c(CN3CCCC[C@H]3C(=O)O)cc2Cl)cccc1-c1cccc(OCCCN(C)C[C@H](O)CO)c1C. The lowest BCUT2D eigenvalue weighted by atomic mass is 9.93. The molecule has 1 aliphatic heterocycles. The fourth-order valence-electron chi connectivity index (χ4n) is 6.79. The number of aliphatic hydroxyl groups excluding tert-OH is 2. The van der Waals surface area contributed by atoms with E-state index in [9.17, 15) is 20.3 Å². The molecular formula is C42H49ClN4O7. The number of nitriles is 1. The van der Waals surface area contributed by atoms with Crippen molar-refractivity contribution in [2.75, 3.05) is 39.9 Å². The number of nitrogens with zero attached hydrogens (tertiary/aromatic N) is 4. The third-order valence-corrected chi connectivity index (χ3v) is 10.1. The van der Waals surface area contributed by atoms with Crippen molar-refractivity contribution in [3.8, 4) is 34.4 Å². The average Bonchev–Trinajstić information content (AvgIpc) is 3.17. The number of halogens is 1. The second kappa shape index (κ2) is 19.6. The summed E-state index contributed by atoms with van der Waals surface area (Å²) in [5.41, 5.74) is 7.07. The number of ether oxygens (including phenoxy) is 3. The number of benzene rings is 3. The second-order valence-electron chi connectivity index (χ2n) is 13.8. The number of aliphatic carboxylic acids is 1. The van der Waals surface area contributed by atoms with Gasteiger partial charge in [-0.3, -0.25) is 14.7 Å². The predicted molar refractivity (Wildman–Crippen MR) is 207 cm³/mol. The first-order valence-electron chi connectivity index (χ1n) is 18.3. The van der Waals surface area contributed by atoms with Crippen LogP contribution in [0.4, 0.5) is 0 Å². The maximum Gasteiger partial charge on any atom is 0.320 e. The van der Waals surface area contributed by atoms with E-state index >= 15 is 0 Å². The van der Waals surface area contributed by atoms with E-state index in [1.54, 1.807) is 24.4 Å². The Kier molecular flexibility index (Phi) is 14.7.